The molecule has 74 valence electrons. The van der Waals surface area contributed by atoms with E-state index in [4.69, 9.17) is 0 Å². The van der Waals surface area contributed by atoms with Gasteiger partial charge in [-0.3, -0.25) is 0 Å². The van der Waals surface area contributed by atoms with Crippen LogP contribution in [0, 0.1) is 0 Å². The minimum Gasteiger partial charge on any atom is -1.00 e. The van der Waals surface area contributed by atoms with Crippen LogP contribution in [0.1, 0.15) is 0 Å². The molecule has 1 heterocycles. The van der Waals surface area contributed by atoms with E-state index >= 15 is 0 Å². The summed E-state index contributed by atoms with van der Waals surface area (Å²) in [6.45, 7) is 0.730. The predicted octanol–water partition coefficient (Wildman–Crippen LogP) is -1.12. The number of rotatable bonds is 1. The van der Waals surface area contributed by atoms with Gasteiger partial charge in [0.25, 0.3) is 0 Å². The summed E-state index contributed by atoms with van der Waals surface area (Å²) in [7, 11) is 2.61. The highest BCUT2D eigenvalue weighted by Crippen LogP contribution is 2.31. The van der Waals surface area contributed by atoms with Crippen molar-refractivity contribution in [1.82, 2.24) is 4.25 Å². The van der Waals surface area contributed by atoms with E-state index in [1.165, 1.54) is 0 Å². The number of nitrogens with zero attached hydrogens (tertiary/aromatic N) is 1. The van der Waals surface area contributed by atoms with Crippen LogP contribution < -0.4 is 21.2 Å². The highest BCUT2D eigenvalue weighted by atomic mass is 79.9. The first-order valence-corrected chi connectivity index (χ1v) is 4.68. The number of halogens is 1. The molecule has 0 spiro atoms. The summed E-state index contributed by atoms with van der Waals surface area (Å²) in [6.07, 6.45) is 3.54. The molecular formula is C10H11BrNOP. The van der Waals surface area contributed by atoms with Gasteiger partial charge >= 0.3 is 5.91 Å². The molecule has 1 amide bonds. The lowest BCUT2D eigenvalue weighted by Crippen LogP contribution is -3.00. The highest BCUT2D eigenvalue weighted by molar-refractivity contribution is 7.18. The third-order valence-corrected chi connectivity index (χ3v) is 3.03. The number of para-hydroxylation sites is 1. The molecule has 0 radical (unpaired) electrons. The number of hydrogen-bond donors (Lipinski definition) is 0. The topological polar surface area (TPSA) is 17.1 Å². The third kappa shape index (κ3) is 1.81. The van der Waals surface area contributed by atoms with E-state index < -0.39 is 0 Å². The Bertz CT molecular complexity index is 366. The normalized spacial score (nSPS) is 24.8. The molecule has 1 aromatic rings. The fraction of sp³-hybridized carbons (Fsp3) is 0.100. The molecule has 0 aliphatic carbocycles. The largest absolute Gasteiger partial charge is 1.00 e. The molecular weight excluding hydrogens is 261 g/mol. The third-order valence-electron chi connectivity index (χ3n) is 2.26. The zero-order valence-electron chi connectivity index (χ0n) is 7.56. The van der Waals surface area contributed by atoms with Crippen LogP contribution in [0.4, 0.5) is 5.69 Å². The van der Waals surface area contributed by atoms with Gasteiger partial charge in [-0.25, -0.2) is 9.05 Å². The number of quaternary nitrogens is 1. The molecule has 0 fully saturated rings. The van der Waals surface area contributed by atoms with Crippen molar-refractivity contribution < 1.29 is 21.8 Å². The minimum atomic E-state index is 0. The number of carbonyl (C=O) groups is 1. The SMILES string of the molecule is O=C1C=CC[N+]1(P)c1ccccc1.[Br-]. The number of hydrogen-bond acceptors (Lipinski definition) is 1. The second kappa shape index (κ2) is 4.35. The molecule has 14 heavy (non-hydrogen) atoms. The Labute approximate surface area is 96.2 Å². The van der Waals surface area contributed by atoms with Gasteiger partial charge in [0.15, 0.2) is 0 Å². The Morgan fingerprint density at radius 2 is 1.86 bits per heavy atom. The Morgan fingerprint density at radius 1 is 1.21 bits per heavy atom. The van der Waals surface area contributed by atoms with E-state index in [0.29, 0.717) is 4.25 Å². The van der Waals surface area contributed by atoms with Gasteiger partial charge in [-0.1, -0.05) is 18.2 Å². The smallest absolute Gasteiger partial charge is 0.344 e. The first-order chi connectivity index (χ1) is 6.23. The summed E-state index contributed by atoms with van der Waals surface area (Å²) in [5.41, 5.74) is 1.02. The van der Waals surface area contributed by atoms with E-state index in [9.17, 15) is 4.79 Å². The van der Waals surface area contributed by atoms with Crippen molar-refractivity contribution in [2.75, 3.05) is 6.54 Å². The van der Waals surface area contributed by atoms with Gasteiger partial charge in [-0.05, 0) is 18.2 Å². The lowest BCUT2D eigenvalue weighted by Gasteiger charge is -2.24. The van der Waals surface area contributed by atoms with Gasteiger partial charge in [-0.2, -0.15) is 0 Å². The van der Waals surface area contributed by atoms with E-state index in [1.807, 2.05) is 36.4 Å². The average Bonchev–Trinajstić information content (AvgIpc) is 2.50. The van der Waals surface area contributed by atoms with Gasteiger partial charge in [0.05, 0.1) is 9.39 Å². The van der Waals surface area contributed by atoms with Gasteiger partial charge in [-0.15, -0.1) is 0 Å². The summed E-state index contributed by atoms with van der Waals surface area (Å²) in [6, 6.07) is 9.79. The molecule has 0 saturated carbocycles. The second-order valence-corrected chi connectivity index (χ2v) is 4.01. The lowest BCUT2D eigenvalue weighted by molar-refractivity contribution is -0.119. The summed E-state index contributed by atoms with van der Waals surface area (Å²) >= 11 is 0. The fourth-order valence-electron chi connectivity index (χ4n) is 1.47. The van der Waals surface area contributed by atoms with Crippen molar-refractivity contribution in [2.24, 2.45) is 0 Å². The summed E-state index contributed by atoms with van der Waals surface area (Å²) in [5.74, 6) is 0.121. The molecule has 0 bridgehead atoms. The first kappa shape index (κ1) is 11.6. The van der Waals surface area contributed by atoms with Crippen LogP contribution in [0.2, 0.25) is 0 Å². The standard InChI is InChI=1S/C10H11NOP.BrH/c12-10-7-4-8-11(10,13)9-5-2-1-3-6-9;/h1-7H,8,13H2;1H/q+1;/p-1. The summed E-state index contributed by atoms with van der Waals surface area (Å²) in [4.78, 5) is 11.6. The molecule has 4 heteroatoms. The average molecular weight is 272 g/mol. The molecule has 1 aliphatic heterocycles. The molecule has 2 nitrogen and oxygen atoms in total. The molecule has 1 aromatic carbocycles. The van der Waals surface area contributed by atoms with Crippen molar-refractivity contribution in [3.8, 4) is 0 Å². The molecule has 0 aromatic heterocycles. The van der Waals surface area contributed by atoms with Crippen LogP contribution in [-0.2, 0) is 4.79 Å². The van der Waals surface area contributed by atoms with Crippen LogP contribution in [0.3, 0.4) is 0 Å². The Balaban J connectivity index is 0.000000980. The first-order valence-electron chi connectivity index (χ1n) is 4.17. The van der Waals surface area contributed by atoms with E-state index in [-0.39, 0.29) is 22.9 Å². The molecule has 1 aliphatic rings. The quantitative estimate of drug-likeness (QED) is 0.592. The summed E-state index contributed by atoms with van der Waals surface area (Å²) in [5, 5.41) is 0. The highest BCUT2D eigenvalue weighted by Gasteiger charge is 2.35. The molecule has 2 unspecified atom stereocenters. The van der Waals surface area contributed by atoms with Gasteiger partial charge < -0.3 is 17.0 Å². The van der Waals surface area contributed by atoms with Gasteiger partial charge in [0.1, 0.15) is 12.2 Å². The van der Waals surface area contributed by atoms with Gasteiger partial charge in [0.2, 0.25) is 0 Å². The lowest BCUT2D eigenvalue weighted by atomic mass is 10.3. The van der Waals surface area contributed by atoms with Crippen molar-refractivity contribution in [3.63, 3.8) is 0 Å². The van der Waals surface area contributed by atoms with Crippen molar-refractivity contribution in [3.05, 3.63) is 42.5 Å². The zero-order chi connectivity index (χ0) is 9.31. The molecule has 2 atom stereocenters. The maximum atomic E-state index is 11.6. The zero-order valence-corrected chi connectivity index (χ0v) is 10.3. The van der Waals surface area contributed by atoms with Crippen molar-refractivity contribution in [1.29, 1.82) is 0 Å². The van der Waals surface area contributed by atoms with E-state index in [0.717, 1.165) is 12.2 Å². The Hall–Kier alpha value is -0.500. The van der Waals surface area contributed by atoms with Crippen molar-refractivity contribution >= 4 is 21.0 Å². The van der Waals surface area contributed by atoms with Crippen LogP contribution in [0.25, 0.3) is 0 Å². The number of benzene rings is 1. The van der Waals surface area contributed by atoms with E-state index in [2.05, 4.69) is 9.39 Å². The number of amides is 1. The molecule has 0 N–H and O–H groups in total. The predicted molar refractivity (Wildman–Crippen MR) is 57.0 cm³/mol. The number of carbonyl (C=O) groups excluding carboxylic acids is 1. The second-order valence-electron chi connectivity index (χ2n) is 3.13. The Morgan fingerprint density at radius 3 is 2.36 bits per heavy atom. The fourth-order valence-corrected chi connectivity index (χ4v) is 1.85. The monoisotopic (exact) mass is 271 g/mol. The maximum absolute atomic E-state index is 11.6. The van der Waals surface area contributed by atoms with Gasteiger partial charge in [0, 0.05) is 6.08 Å². The van der Waals surface area contributed by atoms with Crippen LogP contribution >= 0.6 is 9.39 Å². The summed E-state index contributed by atoms with van der Waals surface area (Å²) < 4.78 is 0.292. The molecule has 2 rings (SSSR count). The maximum Gasteiger partial charge on any atom is 0.344 e. The van der Waals surface area contributed by atoms with Crippen LogP contribution in [-0.4, -0.2) is 12.5 Å². The molecule has 0 saturated heterocycles. The Kier molecular flexibility index (Phi) is 3.59. The van der Waals surface area contributed by atoms with Crippen LogP contribution in [0.5, 0.6) is 0 Å². The van der Waals surface area contributed by atoms with E-state index in [1.54, 1.807) is 6.08 Å². The van der Waals surface area contributed by atoms with Crippen molar-refractivity contribution in [2.45, 2.75) is 0 Å². The minimum absolute atomic E-state index is 0. The van der Waals surface area contributed by atoms with Crippen LogP contribution in [0.15, 0.2) is 42.5 Å².